The molecule has 0 bridgehead atoms. The van der Waals surface area contributed by atoms with Gasteiger partial charge in [-0.3, -0.25) is 33.6 Å². The standard InChI is InChI=1S/C44H69N7O9/c1-23(2)32(46-31(52)22-44(10,11)12)38(54)50-36-27(9)60-43(59)35(26(7)8)49-40(56)34(25(5)6)48-39(55)33(24(3)4)47-37(53)30-19-16-20-51(30)42(58)29(45-41(36)57)21-28-17-14-13-15-18-28/h13-15,17-18,23-27,29-30,32-36H,16,19-22H2,1-12H3,(H,45,57)(H,46,52)(H,47,53)(H,48,55)(H,49,56)(H,50,54)/t27-,29+,30+,32+,33+,34+,35?,36+/m1/s1. The summed E-state index contributed by atoms with van der Waals surface area (Å²) in [5.41, 5.74) is 0.322. The van der Waals surface area contributed by atoms with E-state index < -0.39 is 113 Å². The third-order valence-electron chi connectivity index (χ3n) is 10.8. The molecule has 6 N–H and O–H groups in total. The van der Waals surface area contributed by atoms with Crippen LogP contribution in [0.3, 0.4) is 0 Å². The average Bonchev–Trinajstić information content (AvgIpc) is 3.64. The third-order valence-corrected chi connectivity index (χ3v) is 10.8. The maximum absolute atomic E-state index is 14.6. The van der Waals surface area contributed by atoms with Crippen LogP contribution in [0.2, 0.25) is 0 Å². The SMILES string of the molecule is CC(C)C1NC(=O)[C@H](C(C)C)NC(=O)[C@H](C(C)C)NC(=O)[C@@H]2CCCN2C(=O)[C@H](Cc2ccccc2)NC(=O)[C@@H](NC(=O)[C@@H](NC(=O)CC(C)(C)C)C(C)C)[C@@H](C)OC1=O. The summed E-state index contributed by atoms with van der Waals surface area (Å²) in [4.78, 5) is 113. The van der Waals surface area contributed by atoms with Crippen LogP contribution in [0, 0.1) is 29.1 Å². The molecule has 2 heterocycles. The van der Waals surface area contributed by atoms with Crippen LogP contribution >= 0.6 is 0 Å². The second-order valence-electron chi connectivity index (χ2n) is 18.8. The fourth-order valence-electron chi connectivity index (χ4n) is 7.32. The van der Waals surface area contributed by atoms with Crippen molar-refractivity contribution in [1.82, 2.24) is 36.8 Å². The summed E-state index contributed by atoms with van der Waals surface area (Å²) < 4.78 is 5.88. The van der Waals surface area contributed by atoms with E-state index in [1.165, 1.54) is 11.8 Å². The Balaban J connectivity index is 2.17. The quantitative estimate of drug-likeness (QED) is 0.190. The summed E-state index contributed by atoms with van der Waals surface area (Å²) in [6.07, 6.45) is -0.457. The summed E-state index contributed by atoms with van der Waals surface area (Å²) >= 11 is 0. The highest BCUT2D eigenvalue weighted by Crippen LogP contribution is 2.22. The molecule has 334 valence electrons. The molecule has 0 aliphatic carbocycles. The number of fused-ring (bicyclic) bond motifs is 1. The fourth-order valence-corrected chi connectivity index (χ4v) is 7.32. The monoisotopic (exact) mass is 840 g/mol. The van der Waals surface area contributed by atoms with E-state index in [4.69, 9.17) is 4.74 Å². The summed E-state index contributed by atoms with van der Waals surface area (Å²) in [6, 6.07) is 0.612. The normalized spacial score (nSPS) is 25.9. The van der Waals surface area contributed by atoms with Crippen molar-refractivity contribution in [3.63, 3.8) is 0 Å². The van der Waals surface area contributed by atoms with E-state index in [0.717, 1.165) is 0 Å². The van der Waals surface area contributed by atoms with Crippen molar-refractivity contribution < 1.29 is 43.1 Å². The van der Waals surface area contributed by atoms with E-state index in [1.54, 1.807) is 85.7 Å². The van der Waals surface area contributed by atoms with Crippen LogP contribution in [0.15, 0.2) is 30.3 Å². The number of hydrogen-bond donors (Lipinski definition) is 6. The fraction of sp³-hybridized carbons (Fsp3) is 0.682. The number of carbonyl (C=O) groups excluding carboxylic acids is 8. The second kappa shape index (κ2) is 21.5. The minimum atomic E-state index is -1.59. The first kappa shape index (κ1) is 49.3. The number of nitrogens with one attached hydrogen (secondary N) is 6. The highest BCUT2D eigenvalue weighted by atomic mass is 16.5. The van der Waals surface area contributed by atoms with Crippen LogP contribution < -0.4 is 31.9 Å². The van der Waals surface area contributed by atoms with Gasteiger partial charge in [0, 0.05) is 19.4 Å². The average molecular weight is 840 g/mol. The smallest absolute Gasteiger partial charge is 0.329 e. The number of cyclic esters (lactones) is 1. The van der Waals surface area contributed by atoms with E-state index in [-0.39, 0.29) is 30.7 Å². The van der Waals surface area contributed by atoms with Crippen LogP contribution in [0.5, 0.6) is 0 Å². The lowest BCUT2D eigenvalue weighted by Gasteiger charge is -2.33. The molecule has 60 heavy (non-hydrogen) atoms. The molecule has 0 spiro atoms. The van der Waals surface area contributed by atoms with Gasteiger partial charge in [0.15, 0.2) is 0 Å². The summed E-state index contributed by atoms with van der Waals surface area (Å²) in [7, 11) is 0. The van der Waals surface area contributed by atoms with Crippen LogP contribution in [0.4, 0.5) is 0 Å². The van der Waals surface area contributed by atoms with Crippen molar-refractivity contribution in [2.45, 2.75) is 157 Å². The molecule has 2 aliphatic rings. The Hall–Kier alpha value is -5.02. The molecule has 8 atom stereocenters. The predicted octanol–water partition coefficient (Wildman–Crippen LogP) is 2.13. The van der Waals surface area contributed by atoms with Crippen molar-refractivity contribution in [3.05, 3.63) is 35.9 Å². The van der Waals surface area contributed by atoms with E-state index in [9.17, 15) is 38.4 Å². The zero-order chi connectivity index (χ0) is 45.2. The molecule has 16 nitrogen and oxygen atoms in total. The van der Waals surface area contributed by atoms with Gasteiger partial charge in [-0.2, -0.15) is 0 Å². The topological polar surface area (TPSA) is 221 Å². The lowest BCUT2D eigenvalue weighted by molar-refractivity contribution is -0.157. The lowest BCUT2D eigenvalue weighted by Crippen LogP contribution is -2.62. The number of carbonyl (C=O) groups is 8. The molecule has 1 aromatic rings. The Morgan fingerprint density at radius 1 is 0.767 bits per heavy atom. The zero-order valence-electron chi connectivity index (χ0n) is 37.5. The molecule has 1 aromatic carbocycles. The van der Waals surface area contributed by atoms with Crippen molar-refractivity contribution >= 4 is 47.3 Å². The first-order chi connectivity index (χ1) is 27.9. The summed E-state index contributed by atoms with van der Waals surface area (Å²) in [5.74, 6) is -7.08. The highest BCUT2D eigenvalue weighted by molar-refractivity contribution is 5.98. The first-order valence-corrected chi connectivity index (χ1v) is 21.3. The van der Waals surface area contributed by atoms with Crippen molar-refractivity contribution in [2.24, 2.45) is 29.1 Å². The molecule has 2 fully saturated rings. The van der Waals surface area contributed by atoms with Gasteiger partial charge in [0.2, 0.25) is 41.4 Å². The predicted molar refractivity (Wildman–Crippen MR) is 225 cm³/mol. The molecule has 0 saturated carbocycles. The lowest BCUT2D eigenvalue weighted by atomic mass is 9.91. The number of rotatable bonds is 10. The summed E-state index contributed by atoms with van der Waals surface area (Å²) in [5, 5.41) is 16.6. The van der Waals surface area contributed by atoms with Gasteiger partial charge in [0.1, 0.15) is 48.4 Å². The molecule has 7 amide bonds. The largest absolute Gasteiger partial charge is 0.458 e. The zero-order valence-corrected chi connectivity index (χ0v) is 37.5. The Kier molecular flexibility index (Phi) is 17.7. The van der Waals surface area contributed by atoms with E-state index in [1.807, 2.05) is 20.8 Å². The molecule has 0 radical (unpaired) electrons. The van der Waals surface area contributed by atoms with Gasteiger partial charge >= 0.3 is 5.97 Å². The highest BCUT2D eigenvalue weighted by Gasteiger charge is 2.43. The number of nitrogens with zero attached hydrogens (tertiary/aromatic N) is 1. The van der Waals surface area contributed by atoms with Crippen molar-refractivity contribution in [3.8, 4) is 0 Å². The number of hydrogen-bond acceptors (Lipinski definition) is 9. The number of amides is 7. The van der Waals surface area contributed by atoms with Gasteiger partial charge in [-0.1, -0.05) is 106 Å². The van der Waals surface area contributed by atoms with Gasteiger partial charge in [0.25, 0.3) is 0 Å². The Morgan fingerprint density at radius 3 is 1.82 bits per heavy atom. The van der Waals surface area contributed by atoms with Crippen LogP contribution in [0.25, 0.3) is 0 Å². The van der Waals surface area contributed by atoms with Gasteiger partial charge in [-0.05, 0) is 54.4 Å². The van der Waals surface area contributed by atoms with Gasteiger partial charge in [0.05, 0.1) is 0 Å². The Bertz CT molecular complexity index is 1710. The van der Waals surface area contributed by atoms with Gasteiger partial charge in [-0.15, -0.1) is 0 Å². The minimum absolute atomic E-state index is 0.0115. The van der Waals surface area contributed by atoms with E-state index in [0.29, 0.717) is 18.4 Å². The molecule has 0 aromatic heterocycles. The van der Waals surface area contributed by atoms with Crippen molar-refractivity contribution in [1.29, 1.82) is 0 Å². The molecule has 2 aliphatic heterocycles. The maximum atomic E-state index is 14.6. The van der Waals surface area contributed by atoms with Gasteiger partial charge < -0.3 is 41.5 Å². The molecule has 3 rings (SSSR count). The van der Waals surface area contributed by atoms with Crippen LogP contribution in [0.1, 0.15) is 108 Å². The van der Waals surface area contributed by atoms with Crippen molar-refractivity contribution in [2.75, 3.05) is 6.54 Å². The molecule has 1 unspecified atom stereocenters. The number of benzene rings is 1. The second-order valence-corrected chi connectivity index (χ2v) is 18.8. The van der Waals surface area contributed by atoms with Gasteiger partial charge in [-0.25, -0.2) is 4.79 Å². The Morgan fingerprint density at radius 2 is 1.30 bits per heavy atom. The minimum Gasteiger partial charge on any atom is -0.458 e. The molecule has 16 heteroatoms. The Labute approximate surface area is 355 Å². The summed E-state index contributed by atoms with van der Waals surface area (Å²) in [6.45, 7) is 21.1. The molecular weight excluding hydrogens is 771 g/mol. The number of esters is 1. The van der Waals surface area contributed by atoms with E-state index in [2.05, 4.69) is 31.9 Å². The maximum Gasteiger partial charge on any atom is 0.329 e. The third kappa shape index (κ3) is 13.8. The van der Waals surface area contributed by atoms with Crippen LogP contribution in [-0.4, -0.2) is 107 Å². The molecular formula is C44H69N7O9. The molecule has 2 saturated heterocycles. The van der Waals surface area contributed by atoms with E-state index >= 15 is 0 Å². The number of ether oxygens (including phenoxy) is 1. The van der Waals surface area contributed by atoms with Crippen LogP contribution in [-0.2, 0) is 49.5 Å². The first-order valence-electron chi connectivity index (χ1n) is 21.3.